The van der Waals surface area contributed by atoms with Crippen LogP contribution in [-0.2, 0) is 22.4 Å². The third-order valence-electron chi connectivity index (χ3n) is 3.99. The Balaban J connectivity index is 1.92. The first kappa shape index (κ1) is 18.7. The van der Waals surface area contributed by atoms with Crippen LogP contribution in [0.1, 0.15) is 24.7 Å². The molecule has 142 valence electrons. The fourth-order valence-electron chi connectivity index (χ4n) is 2.83. The number of carbonyl (C=O) groups excluding carboxylic acids is 1. The Labute approximate surface area is 155 Å². The first-order valence-corrected chi connectivity index (χ1v) is 8.56. The van der Waals surface area contributed by atoms with Crippen LogP contribution >= 0.6 is 0 Å². The number of carbonyl (C=O) groups is 1. The number of methoxy groups -OCH3 is 1. The third-order valence-corrected chi connectivity index (χ3v) is 3.99. The predicted molar refractivity (Wildman–Crippen MR) is 99.9 cm³/mol. The Bertz CT molecular complexity index is 979. The Morgan fingerprint density at radius 2 is 2.19 bits per heavy atom. The molecule has 27 heavy (non-hydrogen) atoms. The molecule has 0 fully saturated rings. The maximum absolute atomic E-state index is 12.2. The molecule has 3 rings (SSSR count). The van der Waals surface area contributed by atoms with E-state index in [9.17, 15) is 9.59 Å². The Kier molecular flexibility index (Phi) is 5.87. The summed E-state index contributed by atoms with van der Waals surface area (Å²) in [6.07, 6.45) is 5.86. The molecular weight excluding hydrogens is 350 g/mol. The number of rotatable bonds is 8. The molecule has 0 spiro atoms. The van der Waals surface area contributed by atoms with Crippen LogP contribution in [0.3, 0.4) is 0 Å². The van der Waals surface area contributed by atoms with Crippen molar-refractivity contribution in [1.82, 2.24) is 9.97 Å². The first-order valence-electron chi connectivity index (χ1n) is 8.56. The molecule has 0 saturated carbocycles. The zero-order valence-corrected chi connectivity index (χ0v) is 15.2. The number of nitrogens with one attached hydrogen (secondary N) is 2. The quantitative estimate of drug-likeness (QED) is 0.466. The Morgan fingerprint density at radius 3 is 2.89 bits per heavy atom. The van der Waals surface area contributed by atoms with Crippen molar-refractivity contribution in [3.05, 3.63) is 52.4 Å². The molecule has 3 aromatic rings. The van der Waals surface area contributed by atoms with Gasteiger partial charge < -0.3 is 24.2 Å². The molecule has 2 N–H and O–H groups in total. The van der Waals surface area contributed by atoms with Crippen molar-refractivity contribution in [2.24, 2.45) is 0 Å². The van der Waals surface area contributed by atoms with Crippen molar-refractivity contribution in [3.8, 4) is 5.75 Å². The molecule has 0 atom stereocenters. The fraction of sp³-hybridized carbons (Fsp3) is 0.316. The number of hydrogen-bond donors (Lipinski definition) is 2. The number of ether oxygens (including phenoxy) is 2. The minimum absolute atomic E-state index is 0.0292. The number of anilines is 1. The molecule has 0 aliphatic rings. The van der Waals surface area contributed by atoms with E-state index in [0.29, 0.717) is 23.1 Å². The van der Waals surface area contributed by atoms with Gasteiger partial charge >= 0.3 is 5.63 Å². The van der Waals surface area contributed by atoms with E-state index in [-0.39, 0.29) is 18.4 Å². The molecule has 1 aromatic carbocycles. The highest BCUT2D eigenvalue weighted by Crippen LogP contribution is 2.31. The van der Waals surface area contributed by atoms with E-state index in [2.05, 4.69) is 15.3 Å². The summed E-state index contributed by atoms with van der Waals surface area (Å²) in [5.41, 5.74) is 0.703. The molecule has 0 saturated heterocycles. The number of fused-ring (bicyclic) bond motifs is 1. The van der Waals surface area contributed by atoms with Crippen molar-refractivity contribution < 1.29 is 18.7 Å². The lowest BCUT2D eigenvalue weighted by Crippen LogP contribution is -2.14. The summed E-state index contributed by atoms with van der Waals surface area (Å²) in [4.78, 5) is 30.7. The molecule has 0 aliphatic carbocycles. The molecule has 8 nitrogen and oxygen atoms in total. The SMILES string of the molecule is COCOc1c(CCCc2ncc[nH]2)ccc2cc(NC(C)=O)c(=O)oc12. The summed E-state index contributed by atoms with van der Waals surface area (Å²) >= 11 is 0. The van der Waals surface area contributed by atoms with Crippen molar-refractivity contribution in [3.63, 3.8) is 0 Å². The predicted octanol–water partition coefficient (Wildman–Crippen LogP) is 2.63. The first-order chi connectivity index (χ1) is 13.1. The van der Waals surface area contributed by atoms with Crippen LogP contribution in [0.5, 0.6) is 5.75 Å². The van der Waals surface area contributed by atoms with Crippen molar-refractivity contribution >= 4 is 22.6 Å². The van der Waals surface area contributed by atoms with Gasteiger partial charge in [0.2, 0.25) is 5.91 Å². The summed E-state index contributed by atoms with van der Waals surface area (Å²) in [7, 11) is 1.52. The van der Waals surface area contributed by atoms with Gasteiger partial charge in [-0.2, -0.15) is 0 Å². The van der Waals surface area contributed by atoms with Gasteiger partial charge in [0.25, 0.3) is 0 Å². The number of H-pyrrole nitrogens is 1. The average molecular weight is 371 g/mol. The number of benzene rings is 1. The number of aromatic nitrogens is 2. The minimum Gasteiger partial charge on any atom is -0.463 e. The van der Waals surface area contributed by atoms with Gasteiger partial charge in [0.05, 0.1) is 0 Å². The number of amides is 1. The summed E-state index contributed by atoms with van der Waals surface area (Å²) in [6, 6.07) is 5.34. The average Bonchev–Trinajstić information content (AvgIpc) is 3.14. The second kappa shape index (κ2) is 8.50. The molecule has 2 aromatic heterocycles. The van der Waals surface area contributed by atoms with E-state index >= 15 is 0 Å². The smallest absolute Gasteiger partial charge is 0.360 e. The molecule has 2 heterocycles. The molecule has 0 radical (unpaired) electrons. The normalized spacial score (nSPS) is 10.9. The van der Waals surface area contributed by atoms with Gasteiger partial charge in [-0.1, -0.05) is 12.1 Å². The van der Waals surface area contributed by atoms with Gasteiger partial charge in [0.1, 0.15) is 11.5 Å². The summed E-state index contributed by atoms with van der Waals surface area (Å²) < 4.78 is 16.1. The number of imidazole rings is 1. The monoisotopic (exact) mass is 371 g/mol. The number of nitrogens with zero attached hydrogens (tertiary/aromatic N) is 1. The lowest BCUT2D eigenvalue weighted by atomic mass is 10.0. The van der Waals surface area contributed by atoms with Gasteiger partial charge in [-0.15, -0.1) is 0 Å². The van der Waals surface area contributed by atoms with Crippen LogP contribution in [-0.4, -0.2) is 29.8 Å². The van der Waals surface area contributed by atoms with Gasteiger partial charge in [0, 0.05) is 38.2 Å². The molecule has 0 aliphatic heterocycles. The molecule has 0 bridgehead atoms. The van der Waals surface area contributed by atoms with Crippen molar-refractivity contribution in [2.45, 2.75) is 26.2 Å². The minimum atomic E-state index is -0.632. The number of hydrogen-bond acceptors (Lipinski definition) is 6. The number of aryl methyl sites for hydroxylation is 2. The Hall–Kier alpha value is -3.13. The van der Waals surface area contributed by atoms with E-state index in [4.69, 9.17) is 13.9 Å². The van der Waals surface area contributed by atoms with Gasteiger partial charge in [0.15, 0.2) is 18.1 Å². The highest BCUT2D eigenvalue weighted by molar-refractivity contribution is 5.92. The summed E-state index contributed by atoms with van der Waals surface area (Å²) in [6.45, 7) is 1.36. The van der Waals surface area contributed by atoms with E-state index in [0.717, 1.165) is 24.2 Å². The zero-order chi connectivity index (χ0) is 19.2. The van der Waals surface area contributed by atoms with Crippen LogP contribution in [0.25, 0.3) is 11.0 Å². The van der Waals surface area contributed by atoms with Crippen molar-refractivity contribution in [2.75, 3.05) is 19.2 Å². The van der Waals surface area contributed by atoms with E-state index in [1.165, 1.54) is 14.0 Å². The largest absolute Gasteiger partial charge is 0.463 e. The standard InChI is InChI=1S/C19H21N3O5/c1-12(23)22-15-10-14-7-6-13(4-3-5-16-20-8-9-21-16)17(26-11-25-2)18(14)27-19(15)24/h6-10H,3-5,11H2,1-2H3,(H,20,21)(H,22,23). The lowest BCUT2D eigenvalue weighted by Gasteiger charge is -2.13. The summed E-state index contributed by atoms with van der Waals surface area (Å²) in [5.74, 6) is 1.05. The second-order valence-corrected chi connectivity index (χ2v) is 6.04. The van der Waals surface area contributed by atoms with Crippen LogP contribution in [0.4, 0.5) is 5.69 Å². The molecular formula is C19H21N3O5. The van der Waals surface area contributed by atoms with E-state index in [1.807, 2.05) is 12.1 Å². The fourth-order valence-corrected chi connectivity index (χ4v) is 2.83. The van der Waals surface area contributed by atoms with Crippen LogP contribution in [0.15, 0.2) is 39.8 Å². The van der Waals surface area contributed by atoms with E-state index < -0.39 is 5.63 Å². The summed E-state index contributed by atoms with van der Waals surface area (Å²) in [5, 5.41) is 3.12. The zero-order valence-electron chi connectivity index (χ0n) is 15.2. The highest BCUT2D eigenvalue weighted by atomic mass is 16.7. The second-order valence-electron chi connectivity index (χ2n) is 6.04. The molecule has 0 unspecified atom stereocenters. The van der Waals surface area contributed by atoms with Crippen molar-refractivity contribution in [1.29, 1.82) is 0 Å². The third kappa shape index (κ3) is 4.53. The molecule has 1 amide bonds. The maximum Gasteiger partial charge on any atom is 0.360 e. The van der Waals surface area contributed by atoms with Crippen LogP contribution in [0.2, 0.25) is 0 Å². The van der Waals surface area contributed by atoms with Crippen LogP contribution < -0.4 is 15.7 Å². The maximum atomic E-state index is 12.2. The lowest BCUT2D eigenvalue weighted by molar-refractivity contribution is -0.114. The number of aromatic amines is 1. The topological polar surface area (TPSA) is 106 Å². The highest BCUT2D eigenvalue weighted by Gasteiger charge is 2.15. The van der Waals surface area contributed by atoms with Crippen LogP contribution in [0, 0.1) is 0 Å². The molecule has 8 heteroatoms. The van der Waals surface area contributed by atoms with Gasteiger partial charge in [-0.25, -0.2) is 9.78 Å². The Morgan fingerprint density at radius 1 is 1.33 bits per heavy atom. The van der Waals surface area contributed by atoms with Gasteiger partial charge in [-0.05, 0) is 24.5 Å². The van der Waals surface area contributed by atoms with Gasteiger partial charge in [-0.3, -0.25) is 4.79 Å². The van der Waals surface area contributed by atoms with E-state index in [1.54, 1.807) is 18.5 Å².